The summed E-state index contributed by atoms with van der Waals surface area (Å²) in [6.45, 7) is 3.50. The van der Waals surface area contributed by atoms with E-state index in [4.69, 9.17) is 25.2 Å². The molecule has 0 aliphatic heterocycles. The standard InChI is InChI=1S/C24H48O2.C5H12O4/c1-3-5-7-9-10-11-12-13-14-15-16-17-19-21-23-26-24(25)22-20-18-8-6-4-2;6-1-5(2-7,3-8)4-9/h3-23H2,1-2H3;6-9H,1-4H2. The van der Waals surface area contributed by atoms with Gasteiger partial charge in [0.2, 0.25) is 0 Å². The summed E-state index contributed by atoms with van der Waals surface area (Å²) in [6, 6.07) is 0. The molecule has 0 aromatic heterocycles. The second-order valence-electron chi connectivity index (χ2n) is 10.1. The lowest BCUT2D eigenvalue weighted by Gasteiger charge is -2.23. The van der Waals surface area contributed by atoms with E-state index >= 15 is 0 Å². The summed E-state index contributed by atoms with van der Waals surface area (Å²) < 4.78 is 5.32. The maximum Gasteiger partial charge on any atom is 0.305 e. The average molecular weight is 505 g/mol. The first kappa shape index (κ1) is 36.5. The summed E-state index contributed by atoms with van der Waals surface area (Å²) in [4.78, 5) is 11.6. The highest BCUT2D eigenvalue weighted by Gasteiger charge is 2.26. The number of unbranched alkanes of at least 4 members (excludes halogenated alkanes) is 17. The number of hydrogen-bond donors (Lipinski definition) is 4. The number of ether oxygens (including phenoxy) is 1. The van der Waals surface area contributed by atoms with Crippen LogP contribution >= 0.6 is 0 Å². The van der Waals surface area contributed by atoms with Crippen LogP contribution in [0.25, 0.3) is 0 Å². The molecule has 0 aromatic rings. The Hall–Kier alpha value is -0.690. The Labute approximate surface area is 216 Å². The van der Waals surface area contributed by atoms with Gasteiger partial charge in [0.15, 0.2) is 0 Å². The van der Waals surface area contributed by atoms with Crippen molar-refractivity contribution in [2.24, 2.45) is 5.41 Å². The molecule has 4 N–H and O–H groups in total. The lowest BCUT2D eigenvalue weighted by molar-refractivity contribution is -0.143. The van der Waals surface area contributed by atoms with E-state index in [0.717, 1.165) is 12.8 Å². The average Bonchev–Trinajstić information content (AvgIpc) is 2.88. The summed E-state index contributed by atoms with van der Waals surface area (Å²) in [5.41, 5.74) is -1.11. The number of carbonyl (C=O) groups excluding carboxylic acids is 1. The molecule has 0 fully saturated rings. The molecular formula is C29H60O6. The summed E-state index contributed by atoms with van der Waals surface area (Å²) in [5, 5.41) is 34.0. The van der Waals surface area contributed by atoms with Crippen molar-refractivity contribution in [3.05, 3.63) is 0 Å². The Morgan fingerprint density at radius 1 is 0.514 bits per heavy atom. The zero-order chi connectivity index (χ0) is 26.5. The molecule has 6 heteroatoms. The van der Waals surface area contributed by atoms with Gasteiger partial charge in [-0.15, -0.1) is 0 Å². The van der Waals surface area contributed by atoms with E-state index in [1.54, 1.807) is 0 Å². The van der Waals surface area contributed by atoms with E-state index in [1.165, 1.54) is 109 Å². The first-order valence-electron chi connectivity index (χ1n) is 14.6. The van der Waals surface area contributed by atoms with Gasteiger partial charge in [-0.1, -0.05) is 123 Å². The zero-order valence-corrected chi connectivity index (χ0v) is 23.3. The SMILES string of the molecule is CCCCCCCCCCCCCCCCOC(=O)CCCCCCC.OCC(CO)(CO)CO. The van der Waals surface area contributed by atoms with Crippen molar-refractivity contribution >= 4 is 5.97 Å². The molecule has 0 aliphatic rings. The van der Waals surface area contributed by atoms with Gasteiger partial charge in [0.05, 0.1) is 38.4 Å². The second kappa shape index (κ2) is 29.5. The summed E-state index contributed by atoms with van der Waals surface area (Å²) in [6.07, 6.45) is 25.6. The molecule has 35 heavy (non-hydrogen) atoms. The Morgan fingerprint density at radius 3 is 1.14 bits per heavy atom. The molecule has 0 aliphatic carbocycles. The lowest BCUT2D eigenvalue weighted by Crippen LogP contribution is -2.37. The van der Waals surface area contributed by atoms with Gasteiger partial charge in [-0.05, 0) is 12.8 Å². The molecular weight excluding hydrogens is 444 g/mol. The van der Waals surface area contributed by atoms with Crippen LogP contribution < -0.4 is 0 Å². The fraction of sp³-hybridized carbons (Fsp3) is 0.966. The molecule has 0 heterocycles. The van der Waals surface area contributed by atoms with Crippen LogP contribution in [0.15, 0.2) is 0 Å². The largest absolute Gasteiger partial charge is 0.466 e. The smallest absolute Gasteiger partial charge is 0.305 e. The van der Waals surface area contributed by atoms with Crippen LogP contribution in [-0.4, -0.2) is 59.4 Å². The van der Waals surface area contributed by atoms with Gasteiger partial charge in [-0.2, -0.15) is 0 Å². The Kier molecular flexibility index (Phi) is 30.8. The van der Waals surface area contributed by atoms with E-state index in [0.29, 0.717) is 13.0 Å². The van der Waals surface area contributed by atoms with E-state index in [-0.39, 0.29) is 5.97 Å². The molecule has 212 valence electrons. The fourth-order valence-corrected chi connectivity index (χ4v) is 3.73. The maximum absolute atomic E-state index is 11.6. The Morgan fingerprint density at radius 2 is 0.829 bits per heavy atom. The monoisotopic (exact) mass is 504 g/mol. The number of aliphatic hydroxyl groups is 4. The quantitative estimate of drug-likeness (QED) is 0.0857. The van der Waals surface area contributed by atoms with Gasteiger partial charge in [0, 0.05) is 6.42 Å². The summed E-state index contributed by atoms with van der Waals surface area (Å²) in [7, 11) is 0. The maximum atomic E-state index is 11.6. The molecule has 6 nitrogen and oxygen atoms in total. The highest BCUT2D eigenvalue weighted by atomic mass is 16.5. The van der Waals surface area contributed by atoms with Crippen molar-refractivity contribution in [3.63, 3.8) is 0 Å². The lowest BCUT2D eigenvalue weighted by atomic mass is 9.93. The second-order valence-corrected chi connectivity index (χ2v) is 10.1. The van der Waals surface area contributed by atoms with Gasteiger partial charge < -0.3 is 25.2 Å². The third-order valence-electron chi connectivity index (χ3n) is 6.59. The fourth-order valence-electron chi connectivity index (χ4n) is 3.73. The highest BCUT2D eigenvalue weighted by Crippen LogP contribution is 2.13. The van der Waals surface area contributed by atoms with Crippen LogP contribution in [0.2, 0.25) is 0 Å². The Balaban J connectivity index is 0. The zero-order valence-electron chi connectivity index (χ0n) is 23.3. The first-order valence-corrected chi connectivity index (χ1v) is 14.6. The predicted molar refractivity (Wildman–Crippen MR) is 145 cm³/mol. The van der Waals surface area contributed by atoms with E-state index in [9.17, 15) is 4.79 Å². The molecule has 0 saturated heterocycles. The van der Waals surface area contributed by atoms with Crippen molar-refractivity contribution in [3.8, 4) is 0 Å². The molecule has 0 amide bonds. The summed E-state index contributed by atoms with van der Waals surface area (Å²) >= 11 is 0. The van der Waals surface area contributed by atoms with E-state index in [1.807, 2.05) is 0 Å². The molecule has 0 unspecified atom stereocenters. The van der Waals surface area contributed by atoms with Crippen molar-refractivity contribution in [1.82, 2.24) is 0 Å². The molecule has 0 bridgehead atoms. The van der Waals surface area contributed by atoms with Crippen LogP contribution in [0.1, 0.15) is 142 Å². The third-order valence-corrected chi connectivity index (χ3v) is 6.59. The molecule has 0 atom stereocenters. The topological polar surface area (TPSA) is 107 Å². The Bertz CT molecular complexity index is 394. The van der Waals surface area contributed by atoms with E-state index in [2.05, 4.69) is 13.8 Å². The number of aliphatic hydroxyl groups excluding tert-OH is 4. The summed E-state index contributed by atoms with van der Waals surface area (Å²) in [5.74, 6) is 0.0104. The van der Waals surface area contributed by atoms with Crippen molar-refractivity contribution in [2.75, 3.05) is 33.0 Å². The van der Waals surface area contributed by atoms with Crippen molar-refractivity contribution in [2.45, 2.75) is 142 Å². The predicted octanol–water partition coefficient (Wildman–Crippen LogP) is 6.31. The van der Waals surface area contributed by atoms with Crippen molar-refractivity contribution in [1.29, 1.82) is 0 Å². The van der Waals surface area contributed by atoms with E-state index < -0.39 is 31.8 Å². The minimum atomic E-state index is -1.11. The van der Waals surface area contributed by atoms with Gasteiger partial charge in [0.25, 0.3) is 0 Å². The van der Waals surface area contributed by atoms with Crippen LogP contribution in [0.3, 0.4) is 0 Å². The molecule has 0 saturated carbocycles. The number of carbonyl (C=O) groups is 1. The minimum Gasteiger partial charge on any atom is -0.466 e. The van der Waals surface area contributed by atoms with Crippen LogP contribution in [0.4, 0.5) is 0 Å². The van der Waals surface area contributed by atoms with Crippen molar-refractivity contribution < 1.29 is 30.0 Å². The van der Waals surface area contributed by atoms with Gasteiger partial charge in [-0.3, -0.25) is 4.79 Å². The number of hydrogen-bond acceptors (Lipinski definition) is 6. The molecule has 0 spiro atoms. The highest BCUT2D eigenvalue weighted by molar-refractivity contribution is 5.69. The number of esters is 1. The van der Waals surface area contributed by atoms with Gasteiger partial charge >= 0.3 is 5.97 Å². The molecule has 0 radical (unpaired) electrons. The van der Waals surface area contributed by atoms with Gasteiger partial charge in [-0.25, -0.2) is 0 Å². The molecule has 0 rings (SSSR count). The normalized spacial score (nSPS) is 11.3. The third kappa shape index (κ3) is 26.2. The first-order chi connectivity index (χ1) is 17.1. The van der Waals surface area contributed by atoms with Crippen LogP contribution in [-0.2, 0) is 9.53 Å². The van der Waals surface area contributed by atoms with Crippen LogP contribution in [0.5, 0.6) is 0 Å². The minimum absolute atomic E-state index is 0.0104. The van der Waals surface area contributed by atoms with Crippen LogP contribution in [0, 0.1) is 5.41 Å². The molecule has 0 aromatic carbocycles. The number of rotatable bonds is 25. The van der Waals surface area contributed by atoms with Gasteiger partial charge in [0.1, 0.15) is 0 Å².